The minimum Gasteiger partial charge on any atom is -0.435 e. The molecule has 2 aromatic carbocycles. The third-order valence-electron chi connectivity index (χ3n) is 4.89. The predicted molar refractivity (Wildman–Crippen MR) is 93.5 cm³/mol. The number of benzene rings is 2. The maximum absolute atomic E-state index is 12.2. The van der Waals surface area contributed by atoms with Crippen molar-refractivity contribution in [3.63, 3.8) is 0 Å². The molecule has 2 nitrogen and oxygen atoms in total. The quantitative estimate of drug-likeness (QED) is 0.678. The van der Waals surface area contributed by atoms with Gasteiger partial charge in [-0.15, -0.1) is 0 Å². The monoisotopic (exact) mass is 331 g/mol. The molecule has 0 radical (unpaired) electrons. The highest BCUT2D eigenvalue weighted by molar-refractivity contribution is 5.64. The van der Waals surface area contributed by atoms with Crippen LogP contribution in [0.15, 0.2) is 42.5 Å². The maximum atomic E-state index is 12.2. The van der Waals surface area contributed by atoms with Crippen molar-refractivity contribution in [3.05, 3.63) is 53.6 Å². The van der Waals surface area contributed by atoms with E-state index in [1.807, 2.05) is 7.05 Å². The lowest BCUT2D eigenvalue weighted by atomic mass is 9.81. The molecule has 0 fully saturated rings. The summed E-state index contributed by atoms with van der Waals surface area (Å²) >= 11 is 0. The van der Waals surface area contributed by atoms with Crippen molar-refractivity contribution in [3.8, 4) is 5.75 Å². The van der Waals surface area contributed by atoms with Crippen LogP contribution in [0, 0.1) is 0 Å². The van der Waals surface area contributed by atoms with Crippen LogP contribution in [0.3, 0.4) is 0 Å². The fourth-order valence-corrected chi connectivity index (χ4v) is 3.53. The van der Waals surface area contributed by atoms with E-state index >= 15 is 0 Å². The summed E-state index contributed by atoms with van der Waals surface area (Å²) in [6.45, 7) is -0.538. The van der Waals surface area contributed by atoms with Crippen molar-refractivity contribution >= 4 is 11.4 Å². The Bertz CT molecular complexity index is 685. The predicted octanol–water partition coefficient (Wildman–Crippen LogP) is 5.89. The molecule has 2 aromatic rings. The molecule has 0 aliphatic heterocycles. The van der Waals surface area contributed by atoms with Gasteiger partial charge in [0.2, 0.25) is 0 Å². The number of aryl methyl sites for hydroxylation is 1. The summed E-state index contributed by atoms with van der Waals surface area (Å²) in [5.41, 5.74) is 4.99. The average Bonchev–Trinajstić information content (AvgIpc) is 2.60. The average molecular weight is 331 g/mol. The first-order valence-electron chi connectivity index (χ1n) is 8.50. The number of nitrogens with zero attached hydrogens (tertiary/aromatic N) is 1. The van der Waals surface area contributed by atoms with Crippen LogP contribution in [0.4, 0.5) is 20.2 Å². The van der Waals surface area contributed by atoms with Crippen LogP contribution in [-0.4, -0.2) is 13.7 Å². The summed E-state index contributed by atoms with van der Waals surface area (Å²) in [6, 6.07) is 13.4. The third kappa shape index (κ3) is 3.53. The zero-order valence-electron chi connectivity index (χ0n) is 14.1. The zero-order valence-corrected chi connectivity index (χ0v) is 14.1. The van der Waals surface area contributed by atoms with Gasteiger partial charge in [0.05, 0.1) is 0 Å². The molecule has 128 valence electrons. The Morgan fingerprint density at radius 2 is 1.83 bits per heavy atom. The SMILES string of the molecule is CC[C@@H]1CCCc2cc(N(C)c3ccc(OC(F)F)cc3)ccc21. The summed E-state index contributed by atoms with van der Waals surface area (Å²) in [5, 5.41) is 0. The van der Waals surface area contributed by atoms with Gasteiger partial charge in [0.1, 0.15) is 5.75 Å². The Morgan fingerprint density at radius 1 is 1.12 bits per heavy atom. The number of hydrogen-bond acceptors (Lipinski definition) is 2. The molecule has 0 heterocycles. The molecular weight excluding hydrogens is 308 g/mol. The van der Waals surface area contributed by atoms with E-state index in [0.717, 1.165) is 17.8 Å². The smallest absolute Gasteiger partial charge is 0.387 e. The van der Waals surface area contributed by atoms with Crippen LogP contribution in [0.5, 0.6) is 5.75 Å². The number of fused-ring (bicyclic) bond motifs is 1. The Hall–Kier alpha value is -2.10. The third-order valence-corrected chi connectivity index (χ3v) is 4.89. The van der Waals surface area contributed by atoms with E-state index in [9.17, 15) is 8.78 Å². The van der Waals surface area contributed by atoms with Crippen LogP contribution in [0.1, 0.15) is 43.2 Å². The number of rotatable bonds is 5. The Labute approximate surface area is 142 Å². The summed E-state index contributed by atoms with van der Waals surface area (Å²) in [4.78, 5) is 2.07. The van der Waals surface area contributed by atoms with E-state index in [0.29, 0.717) is 5.92 Å². The molecule has 0 aromatic heterocycles. The molecule has 24 heavy (non-hydrogen) atoms. The van der Waals surface area contributed by atoms with Crippen LogP contribution in [-0.2, 0) is 6.42 Å². The fourth-order valence-electron chi connectivity index (χ4n) is 3.53. The first-order valence-corrected chi connectivity index (χ1v) is 8.50. The second-order valence-corrected chi connectivity index (χ2v) is 6.31. The fraction of sp³-hybridized carbons (Fsp3) is 0.400. The van der Waals surface area contributed by atoms with Gasteiger partial charge in [-0.1, -0.05) is 13.0 Å². The van der Waals surface area contributed by atoms with Crippen molar-refractivity contribution in [2.45, 2.75) is 45.1 Å². The van der Waals surface area contributed by atoms with Gasteiger partial charge in [0, 0.05) is 18.4 Å². The van der Waals surface area contributed by atoms with Crippen LogP contribution < -0.4 is 9.64 Å². The molecular formula is C20H23F2NO. The van der Waals surface area contributed by atoms with Gasteiger partial charge in [0.15, 0.2) is 0 Å². The zero-order chi connectivity index (χ0) is 17.1. The van der Waals surface area contributed by atoms with Crippen LogP contribution >= 0.6 is 0 Å². The Morgan fingerprint density at radius 3 is 2.50 bits per heavy atom. The van der Waals surface area contributed by atoms with E-state index in [-0.39, 0.29) is 5.75 Å². The first kappa shape index (κ1) is 16.7. The molecule has 1 atom stereocenters. The lowest BCUT2D eigenvalue weighted by Crippen LogP contribution is -2.13. The number of hydrogen-bond donors (Lipinski definition) is 0. The van der Waals surface area contributed by atoms with Gasteiger partial charge in [-0.2, -0.15) is 8.78 Å². The minimum absolute atomic E-state index is 0.179. The second kappa shape index (κ2) is 7.20. The van der Waals surface area contributed by atoms with Gasteiger partial charge in [0.25, 0.3) is 0 Å². The normalized spacial score (nSPS) is 16.8. The van der Waals surface area contributed by atoms with Gasteiger partial charge >= 0.3 is 6.61 Å². The summed E-state index contributed by atoms with van der Waals surface area (Å²) in [6.07, 6.45) is 4.85. The van der Waals surface area contributed by atoms with Crippen molar-refractivity contribution < 1.29 is 13.5 Å². The Kier molecular flexibility index (Phi) is 5.03. The highest BCUT2D eigenvalue weighted by atomic mass is 19.3. The van der Waals surface area contributed by atoms with Gasteiger partial charge in [-0.3, -0.25) is 0 Å². The summed E-state index contributed by atoms with van der Waals surface area (Å²) in [7, 11) is 1.99. The van der Waals surface area contributed by atoms with Crippen molar-refractivity contribution in [1.29, 1.82) is 0 Å². The molecule has 0 unspecified atom stereocenters. The molecule has 0 spiro atoms. The number of ether oxygens (including phenoxy) is 1. The number of alkyl halides is 2. The topological polar surface area (TPSA) is 12.5 Å². The van der Waals surface area contributed by atoms with E-state index in [1.165, 1.54) is 30.4 Å². The van der Waals surface area contributed by atoms with Crippen molar-refractivity contribution in [2.24, 2.45) is 0 Å². The van der Waals surface area contributed by atoms with E-state index in [2.05, 4.69) is 34.8 Å². The van der Waals surface area contributed by atoms with E-state index in [1.54, 1.807) is 24.3 Å². The molecule has 3 rings (SSSR count). The molecule has 1 aliphatic rings. The molecule has 1 aliphatic carbocycles. The van der Waals surface area contributed by atoms with Crippen molar-refractivity contribution in [2.75, 3.05) is 11.9 Å². The van der Waals surface area contributed by atoms with E-state index in [4.69, 9.17) is 0 Å². The largest absolute Gasteiger partial charge is 0.435 e. The molecule has 4 heteroatoms. The first-order chi connectivity index (χ1) is 11.6. The Balaban J connectivity index is 1.81. The summed E-state index contributed by atoms with van der Waals surface area (Å²) < 4.78 is 28.9. The lowest BCUT2D eigenvalue weighted by Gasteiger charge is -2.27. The van der Waals surface area contributed by atoms with Crippen LogP contribution in [0.25, 0.3) is 0 Å². The highest BCUT2D eigenvalue weighted by Crippen LogP contribution is 2.36. The number of anilines is 2. The van der Waals surface area contributed by atoms with Gasteiger partial charge < -0.3 is 9.64 Å². The van der Waals surface area contributed by atoms with Crippen molar-refractivity contribution in [1.82, 2.24) is 0 Å². The lowest BCUT2D eigenvalue weighted by molar-refractivity contribution is -0.0498. The highest BCUT2D eigenvalue weighted by Gasteiger charge is 2.19. The number of halogens is 2. The maximum Gasteiger partial charge on any atom is 0.387 e. The molecule has 0 saturated heterocycles. The molecule has 0 amide bonds. The molecule has 0 N–H and O–H groups in total. The van der Waals surface area contributed by atoms with Gasteiger partial charge in [-0.25, -0.2) is 0 Å². The minimum atomic E-state index is -2.79. The van der Waals surface area contributed by atoms with Crippen LogP contribution in [0.2, 0.25) is 0 Å². The molecule has 0 bridgehead atoms. The van der Waals surface area contributed by atoms with E-state index < -0.39 is 6.61 Å². The summed E-state index contributed by atoms with van der Waals surface area (Å²) in [5.74, 6) is 0.859. The second-order valence-electron chi connectivity index (χ2n) is 6.31. The molecule has 0 saturated carbocycles. The van der Waals surface area contributed by atoms with Gasteiger partial charge in [-0.05, 0) is 79.1 Å². The standard InChI is InChI=1S/C20H23F2NO/c1-3-14-5-4-6-15-13-17(9-12-19(14)15)23(2)16-7-10-18(11-8-16)24-20(21)22/h7-14,20H,3-6H2,1-2H3/t14-/m1/s1.